The van der Waals surface area contributed by atoms with Crippen molar-refractivity contribution >= 4 is 11.7 Å². The van der Waals surface area contributed by atoms with Crippen molar-refractivity contribution in [2.75, 3.05) is 38.2 Å². The quantitative estimate of drug-likeness (QED) is 0.646. The van der Waals surface area contributed by atoms with Gasteiger partial charge in [-0.1, -0.05) is 18.2 Å². The molecule has 3 heterocycles. The largest absolute Gasteiger partial charge is 0.481 e. The monoisotopic (exact) mass is 405 g/mol. The normalized spacial score (nSPS) is 13.8. The number of anilines is 1. The molecule has 0 atom stereocenters. The highest BCUT2D eigenvalue weighted by Crippen LogP contribution is 2.24. The van der Waals surface area contributed by atoms with Crippen molar-refractivity contribution < 1.29 is 14.3 Å². The van der Waals surface area contributed by atoms with Gasteiger partial charge in [0, 0.05) is 44.5 Å². The molecule has 0 bridgehead atoms. The van der Waals surface area contributed by atoms with Crippen LogP contribution in [0, 0.1) is 6.92 Å². The third kappa shape index (κ3) is 4.48. The molecule has 154 valence electrons. The number of aryl methyl sites for hydroxylation is 1. The number of carbonyl (C=O) groups excluding carboxylic acids is 1. The van der Waals surface area contributed by atoms with Gasteiger partial charge in [0.1, 0.15) is 17.4 Å². The van der Waals surface area contributed by atoms with E-state index in [4.69, 9.17) is 9.47 Å². The van der Waals surface area contributed by atoms with Gasteiger partial charge in [-0.3, -0.25) is 4.79 Å². The molecular weight excluding hydrogens is 382 g/mol. The Kier molecular flexibility index (Phi) is 5.74. The number of ether oxygens (including phenoxy) is 2. The summed E-state index contributed by atoms with van der Waals surface area (Å²) in [5.41, 5.74) is 0.556. The maximum Gasteiger partial charge on any atom is 0.255 e. The first-order valence-corrected chi connectivity index (χ1v) is 9.75. The highest BCUT2D eigenvalue weighted by Gasteiger charge is 2.24. The summed E-state index contributed by atoms with van der Waals surface area (Å²) >= 11 is 0. The van der Waals surface area contributed by atoms with Crippen molar-refractivity contribution in [1.82, 2.24) is 19.9 Å². The van der Waals surface area contributed by atoms with Crippen LogP contribution in [0.2, 0.25) is 0 Å². The molecule has 0 saturated carbocycles. The number of piperazine rings is 1. The molecule has 8 heteroatoms. The summed E-state index contributed by atoms with van der Waals surface area (Å²) in [7, 11) is 1.55. The van der Waals surface area contributed by atoms with Gasteiger partial charge in [0.2, 0.25) is 11.8 Å². The second-order valence-corrected chi connectivity index (χ2v) is 6.90. The Balaban J connectivity index is 1.41. The van der Waals surface area contributed by atoms with E-state index in [1.807, 2.05) is 48.2 Å². The topological polar surface area (TPSA) is 80.7 Å². The van der Waals surface area contributed by atoms with Crippen molar-refractivity contribution in [3.8, 4) is 17.5 Å². The molecule has 1 aliphatic rings. The zero-order valence-corrected chi connectivity index (χ0v) is 17.0. The highest BCUT2D eigenvalue weighted by molar-refractivity contribution is 5.94. The van der Waals surface area contributed by atoms with Gasteiger partial charge in [-0.2, -0.15) is 4.98 Å². The minimum atomic E-state index is -0.0308. The van der Waals surface area contributed by atoms with Crippen molar-refractivity contribution in [3.63, 3.8) is 0 Å². The van der Waals surface area contributed by atoms with E-state index in [0.29, 0.717) is 49.3 Å². The SMILES string of the molecule is COc1ccc(C(=O)N2CCN(c3cc(Oc4ccccc4)nc(C)n3)CC2)cn1. The minimum Gasteiger partial charge on any atom is -0.481 e. The molecule has 3 aromatic rings. The third-order valence-corrected chi connectivity index (χ3v) is 4.85. The van der Waals surface area contributed by atoms with Gasteiger partial charge in [-0.25, -0.2) is 9.97 Å². The van der Waals surface area contributed by atoms with E-state index in [-0.39, 0.29) is 5.91 Å². The van der Waals surface area contributed by atoms with Crippen molar-refractivity contribution in [2.45, 2.75) is 6.92 Å². The second-order valence-electron chi connectivity index (χ2n) is 6.90. The molecule has 1 amide bonds. The van der Waals surface area contributed by atoms with Crippen LogP contribution in [-0.4, -0.2) is 59.0 Å². The number of carbonyl (C=O) groups is 1. The molecule has 0 N–H and O–H groups in total. The number of hydrogen-bond donors (Lipinski definition) is 0. The first-order valence-electron chi connectivity index (χ1n) is 9.75. The van der Waals surface area contributed by atoms with Gasteiger partial charge in [0.25, 0.3) is 5.91 Å². The van der Waals surface area contributed by atoms with Crippen LogP contribution >= 0.6 is 0 Å². The van der Waals surface area contributed by atoms with E-state index < -0.39 is 0 Å². The molecular formula is C22H23N5O3. The number of methoxy groups -OCH3 is 1. The second kappa shape index (κ2) is 8.77. The first-order chi connectivity index (χ1) is 14.6. The smallest absolute Gasteiger partial charge is 0.255 e. The summed E-state index contributed by atoms with van der Waals surface area (Å²) in [6.07, 6.45) is 1.55. The van der Waals surface area contributed by atoms with Gasteiger partial charge in [0.15, 0.2) is 0 Å². The number of benzene rings is 1. The van der Waals surface area contributed by atoms with Gasteiger partial charge < -0.3 is 19.3 Å². The predicted octanol–water partition coefficient (Wildman–Crippen LogP) is 2.94. The summed E-state index contributed by atoms with van der Waals surface area (Å²) in [5, 5.41) is 0. The Morgan fingerprint density at radius 3 is 2.40 bits per heavy atom. The number of aromatic nitrogens is 3. The van der Waals surface area contributed by atoms with Crippen LogP contribution in [0.5, 0.6) is 17.5 Å². The van der Waals surface area contributed by atoms with Gasteiger partial charge in [-0.05, 0) is 25.1 Å². The van der Waals surface area contributed by atoms with Crippen molar-refractivity contribution in [3.05, 3.63) is 66.1 Å². The fraction of sp³-hybridized carbons (Fsp3) is 0.273. The lowest BCUT2D eigenvalue weighted by Gasteiger charge is -2.35. The maximum atomic E-state index is 12.7. The van der Waals surface area contributed by atoms with Crippen LogP contribution in [0.3, 0.4) is 0 Å². The Morgan fingerprint density at radius 1 is 0.967 bits per heavy atom. The Hall–Kier alpha value is -3.68. The Morgan fingerprint density at radius 2 is 1.73 bits per heavy atom. The van der Waals surface area contributed by atoms with Crippen LogP contribution in [-0.2, 0) is 0 Å². The summed E-state index contributed by atoms with van der Waals surface area (Å²) in [4.78, 5) is 29.8. The first kappa shape index (κ1) is 19.6. The molecule has 1 saturated heterocycles. The van der Waals surface area contributed by atoms with Crippen LogP contribution in [0.4, 0.5) is 5.82 Å². The van der Waals surface area contributed by atoms with Gasteiger partial charge in [-0.15, -0.1) is 0 Å². The zero-order chi connectivity index (χ0) is 20.9. The molecule has 0 radical (unpaired) electrons. The number of rotatable bonds is 5. The molecule has 1 aliphatic heterocycles. The van der Waals surface area contributed by atoms with Crippen molar-refractivity contribution in [1.29, 1.82) is 0 Å². The van der Waals surface area contributed by atoms with Gasteiger partial charge in [0.05, 0.1) is 12.7 Å². The molecule has 1 aromatic carbocycles. The summed E-state index contributed by atoms with van der Waals surface area (Å²) in [6.45, 7) is 4.40. The highest BCUT2D eigenvalue weighted by atomic mass is 16.5. The fourth-order valence-corrected chi connectivity index (χ4v) is 3.30. The van der Waals surface area contributed by atoms with Crippen molar-refractivity contribution in [2.24, 2.45) is 0 Å². The average molecular weight is 405 g/mol. The Labute approximate surface area is 175 Å². The fourth-order valence-electron chi connectivity index (χ4n) is 3.30. The number of amides is 1. The maximum absolute atomic E-state index is 12.7. The predicted molar refractivity (Wildman–Crippen MR) is 112 cm³/mol. The van der Waals surface area contributed by atoms with E-state index >= 15 is 0 Å². The molecule has 4 rings (SSSR count). The molecule has 0 unspecified atom stereocenters. The third-order valence-electron chi connectivity index (χ3n) is 4.85. The number of hydrogen-bond acceptors (Lipinski definition) is 7. The van der Waals surface area contributed by atoms with E-state index in [0.717, 1.165) is 11.6 Å². The van der Waals surface area contributed by atoms with Crippen LogP contribution in [0.25, 0.3) is 0 Å². The van der Waals surface area contributed by atoms with E-state index in [1.54, 1.807) is 25.4 Å². The van der Waals surface area contributed by atoms with Gasteiger partial charge >= 0.3 is 0 Å². The zero-order valence-electron chi connectivity index (χ0n) is 17.0. The van der Waals surface area contributed by atoms with Crippen LogP contribution in [0.15, 0.2) is 54.7 Å². The lowest BCUT2D eigenvalue weighted by atomic mass is 10.2. The molecule has 2 aromatic heterocycles. The lowest BCUT2D eigenvalue weighted by molar-refractivity contribution is 0.0746. The molecule has 0 spiro atoms. The van der Waals surface area contributed by atoms with E-state index in [2.05, 4.69) is 19.9 Å². The van der Waals surface area contributed by atoms with E-state index in [9.17, 15) is 4.79 Å². The summed E-state index contributed by atoms with van der Waals surface area (Å²) in [5.74, 6) is 3.13. The molecule has 8 nitrogen and oxygen atoms in total. The lowest BCUT2D eigenvalue weighted by Crippen LogP contribution is -2.49. The number of para-hydroxylation sites is 1. The summed E-state index contributed by atoms with van der Waals surface area (Å²) in [6, 6.07) is 14.8. The minimum absolute atomic E-state index is 0.0308. The average Bonchev–Trinajstić information content (AvgIpc) is 2.79. The molecule has 30 heavy (non-hydrogen) atoms. The van der Waals surface area contributed by atoms with E-state index in [1.165, 1.54) is 0 Å². The number of nitrogens with zero attached hydrogens (tertiary/aromatic N) is 5. The number of pyridine rings is 1. The Bertz CT molecular complexity index is 1000. The molecule has 0 aliphatic carbocycles. The summed E-state index contributed by atoms with van der Waals surface area (Å²) < 4.78 is 10.9. The van der Waals surface area contributed by atoms with Crippen LogP contribution < -0.4 is 14.4 Å². The molecule has 1 fully saturated rings. The van der Waals surface area contributed by atoms with Crippen LogP contribution in [0.1, 0.15) is 16.2 Å². The standard InChI is InChI=1S/C22H23N5O3/c1-16-24-19(14-21(25-16)30-18-6-4-3-5-7-18)26-10-12-27(13-11-26)22(28)17-8-9-20(29-2)23-15-17/h3-9,14-15H,10-13H2,1-2H3.